The summed E-state index contributed by atoms with van der Waals surface area (Å²) in [5.74, 6) is -0.882. The van der Waals surface area contributed by atoms with Gasteiger partial charge in [-0.05, 0) is 26.2 Å². The highest BCUT2D eigenvalue weighted by atomic mass is 16.5. The molecule has 0 aromatic carbocycles. The van der Waals surface area contributed by atoms with E-state index in [1.165, 1.54) is 0 Å². The normalized spacial score (nSPS) is 21.2. The third kappa shape index (κ3) is 3.58. The first-order valence-electron chi connectivity index (χ1n) is 6.93. The fraction of sp³-hybridized carbons (Fsp3) is 0.714. The van der Waals surface area contributed by atoms with E-state index in [9.17, 15) is 9.59 Å². The molecule has 0 aromatic heterocycles. The third-order valence-corrected chi connectivity index (χ3v) is 3.84. The molecule has 20 heavy (non-hydrogen) atoms. The first-order valence-corrected chi connectivity index (χ1v) is 6.93. The van der Waals surface area contributed by atoms with Crippen molar-refractivity contribution < 1.29 is 19.4 Å². The zero-order valence-electron chi connectivity index (χ0n) is 12.1. The molecule has 6 nitrogen and oxygen atoms in total. The summed E-state index contributed by atoms with van der Waals surface area (Å²) in [6, 6.07) is 0. The average Bonchev–Trinajstić information content (AvgIpc) is 2.87. The number of likely N-dealkylation sites (N-methyl/N-ethyl adjacent to an activating group) is 1. The number of carbonyl (C=O) groups excluding carboxylic acids is 1. The summed E-state index contributed by atoms with van der Waals surface area (Å²) in [5.41, 5.74) is 0.671. The summed E-state index contributed by atoms with van der Waals surface area (Å²) in [6.07, 6.45) is 5.27. The summed E-state index contributed by atoms with van der Waals surface area (Å²) >= 11 is 0. The van der Waals surface area contributed by atoms with Gasteiger partial charge in [0, 0.05) is 25.8 Å². The molecule has 2 rings (SSSR count). The molecule has 2 aliphatic rings. The number of carboxylic acids is 1. The van der Waals surface area contributed by atoms with Gasteiger partial charge in [0.1, 0.15) is 6.61 Å². The van der Waals surface area contributed by atoms with Crippen LogP contribution in [0.4, 0.5) is 0 Å². The maximum atomic E-state index is 12.1. The Kier molecular flexibility index (Phi) is 4.45. The number of amides is 1. The molecule has 0 aromatic rings. The molecule has 0 unspecified atom stereocenters. The molecule has 0 atom stereocenters. The summed E-state index contributed by atoms with van der Waals surface area (Å²) in [4.78, 5) is 26.3. The molecular formula is C14H22N2O4. The van der Waals surface area contributed by atoms with Crippen LogP contribution in [0.3, 0.4) is 0 Å². The molecule has 0 saturated carbocycles. The van der Waals surface area contributed by atoms with Crippen LogP contribution in [0.25, 0.3) is 0 Å². The van der Waals surface area contributed by atoms with Crippen molar-refractivity contribution in [3.8, 4) is 0 Å². The van der Waals surface area contributed by atoms with Gasteiger partial charge in [0.25, 0.3) is 0 Å². The van der Waals surface area contributed by atoms with Crippen molar-refractivity contribution in [3.05, 3.63) is 11.8 Å². The number of ether oxygens (including phenoxy) is 1. The van der Waals surface area contributed by atoms with Gasteiger partial charge >= 0.3 is 5.97 Å². The molecule has 1 heterocycles. The maximum absolute atomic E-state index is 12.1. The largest absolute Gasteiger partial charge is 0.480 e. The maximum Gasteiger partial charge on any atom is 0.329 e. The van der Waals surface area contributed by atoms with E-state index in [4.69, 9.17) is 9.84 Å². The Hall–Kier alpha value is -1.40. The van der Waals surface area contributed by atoms with Crippen LogP contribution in [0, 0.1) is 0 Å². The van der Waals surface area contributed by atoms with Gasteiger partial charge in [0.05, 0.1) is 12.1 Å². The third-order valence-electron chi connectivity index (χ3n) is 3.84. The van der Waals surface area contributed by atoms with E-state index < -0.39 is 11.6 Å². The first kappa shape index (κ1) is 15.0. The molecule has 0 spiro atoms. The number of aliphatic carboxylic acids is 1. The Bertz CT molecular complexity index is 427. The van der Waals surface area contributed by atoms with Crippen LogP contribution in [-0.4, -0.2) is 65.7 Å². The number of rotatable bonds is 6. The predicted octanol–water partition coefficient (Wildman–Crippen LogP) is 0.688. The molecule has 1 aliphatic heterocycles. The number of hydrogen-bond donors (Lipinski definition) is 1. The number of carboxylic acid groups (broad SMARTS) is 1. The number of nitrogens with zero attached hydrogens (tertiary/aromatic N) is 2. The zero-order valence-corrected chi connectivity index (χ0v) is 12.1. The van der Waals surface area contributed by atoms with Gasteiger partial charge in [0.2, 0.25) is 5.91 Å². The van der Waals surface area contributed by atoms with Crippen molar-refractivity contribution in [2.45, 2.75) is 31.8 Å². The number of likely N-dealkylation sites (tertiary alicyclic amines) is 1. The van der Waals surface area contributed by atoms with E-state index in [0.29, 0.717) is 19.6 Å². The van der Waals surface area contributed by atoms with Crippen LogP contribution in [0.15, 0.2) is 11.8 Å². The predicted molar refractivity (Wildman–Crippen MR) is 73.1 cm³/mol. The fourth-order valence-corrected chi connectivity index (χ4v) is 2.75. The van der Waals surface area contributed by atoms with Crippen LogP contribution < -0.4 is 0 Å². The Morgan fingerprint density at radius 2 is 2.20 bits per heavy atom. The van der Waals surface area contributed by atoms with Crippen molar-refractivity contribution in [3.63, 3.8) is 0 Å². The highest BCUT2D eigenvalue weighted by Crippen LogP contribution is 2.25. The molecule has 6 heteroatoms. The Morgan fingerprint density at radius 1 is 1.50 bits per heavy atom. The number of allylic oxidation sites excluding steroid dienone is 2. The molecule has 0 bridgehead atoms. The van der Waals surface area contributed by atoms with Crippen LogP contribution in [0.1, 0.15) is 26.2 Å². The second kappa shape index (κ2) is 5.93. The molecule has 112 valence electrons. The van der Waals surface area contributed by atoms with Gasteiger partial charge in [-0.15, -0.1) is 0 Å². The lowest BCUT2D eigenvalue weighted by molar-refractivity contribution is -0.167. The Morgan fingerprint density at radius 3 is 2.75 bits per heavy atom. The Labute approximate surface area is 119 Å². The molecule has 0 radical (unpaired) electrons. The van der Waals surface area contributed by atoms with Crippen molar-refractivity contribution in [1.82, 2.24) is 9.80 Å². The van der Waals surface area contributed by atoms with Crippen LogP contribution in [0.5, 0.6) is 0 Å². The SMILES string of the molecule is CN(C(=O)CN1CC(C)(OCC(=O)O)C1)C1=CCCC1. The summed E-state index contributed by atoms with van der Waals surface area (Å²) in [5, 5.41) is 8.60. The van der Waals surface area contributed by atoms with E-state index in [1.54, 1.807) is 4.90 Å². The monoisotopic (exact) mass is 282 g/mol. The second-order valence-corrected chi connectivity index (χ2v) is 5.82. The van der Waals surface area contributed by atoms with Gasteiger partial charge in [-0.1, -0.05) is 6.08 Å². The minimum Gasteiger partial charge on any atom is -0.480 e. The topological polar surface area (TPSA) is 70.1 Å². The van der Waals surface area contributed by atoms with Crippen LogP contribution in [0.2, 0.25) is 0 Å². The van der Waals surface area contributed by atoms with Crippen LogP contribution >= 0.6 is 0 Å². The molecular weight excluding hydrogens is 260 g/mol. The number of carbonyl (C=O) groups is 2. The van der Waals surface area contributed by atoms with Gasteiger partial charge in [-0.25, -0.2) is 4.79 Å². The fourth-order valence-electron chi connectivity index (χ4n) is 2.75. The molecule has 1 fully saturated rings. The average molecular weight is 282 g/mol. The highest BCUT2D eigenvalue weighted by Gasteiger charge is 2.41. The number of hydrogen-bond acceptors (Lipinski definition) is 4. The smallest absolute Gasteiger partial charge is 0.329 e. The summed E-state index contributed by atoms with van der Waals surface area (Å²) in [7, 11) is 1.82. The minimum atomic E-state index is -0.964. The van der Waals surface area contributed by atoms with Crippen molar-refractivity contribution >= 4 is 11.9 Å². The van der Waals surface area contributed by atoms with E-state index in [2.05, 4.69) is 6.08 Å². The minimum absolute atomic E-state index is 0.0819. The van der Waals surface area contributed by atoms with Crippen molar-refractivity contribution in [2.75, 3.05) is 33.3 Å². The summed E-state index contributed by atoms with van der Waals surface area (Å²) < 4.78 is 5.32. The van der Waals surface area contributed by atoms with E-state index in [-0.39, 0.29) is 12.5 Å². The van der Waals surface area contributed by atoms with E-state index in [0.717, 1.165) is 25.0 Å². The van der Waals surface area contributed by atoms with E-state index in [1.807, 2.05) is 18.9 Å². The van der Waals surface area contributed by atoms with E-state index >= 15 is 0 Å². The zero-order chi connectivity index (χ0) is 14.8. The van der Waals surface area contributed by atoms with Crippen molar-refractivity contribution in [2.24, 2.45) is 0 Å². The van der Waals surface area contributed by atoms with Gasteiger partial charge in [-0.2, -0.15) is 0 Å². The molecule has 1 aliphatic carbocycles. The first-order chi connectivity index (χ1) is 9.39. The van der Waals surface area contributed by atoms with Gasteiger partial charge in [0.15, 0.2) is 0 Å². The molecule has 1 N–H and O–H groups in total. The molecule has 1 amide bonds. The molecule has 1 saturated heterocycles. The quantitative estimate of drug-likeness (QED) is 0.776. The standard InChI is InChI=1S/C14H22N2O4/c1-14(20-8-13(18)19)9-16(10-14)7-12(17)15(2)11-5-3-4-6-11/h5H,3-4,6-10H2,1-2H3,(H,18,19). The Balaban J connectivity index is 1.73. The van der Waals surface area contributed by atoms with Gasteiger partial charge in [-0.3, -0.25) is 9.69 Å². The van der Waals surface area contributed by atoms with Crippen molar-refractivity contribution in [1.29, 1.82) is 0 Å². The van der Waals surface area contributed by atoms with Crippen LogP contribution in [-0.2, 0) is 14.3 Å². The lowest BCUT2D eigenvalue weighted by Crippen LogP contribution is -2.63. The summed E-state index contributed by atoms with van der Waals surface area (Å²) in [6.45, 7) is 3.14. The lowest BCUT2D eigenvalue weighted by Gasteiger charge is -2.47. The second-order valence-electron chi connectivity index (χ2n) is 5.82. The van der Waals surface area contributed by atoms with Gasteiger partial charge < -0.3 is 14.7 Å². The highest BCUT2D eigenvalue weighted by molar-refractivity contribution is 5.80. The lowest BCUT2D eigenvalue weighted by atomic mass is 9.96.